The number of rotatable bonds is 4. The number of anilines is 1. The van der Waals surface area contributed by atoms with Crippen LogP contribution in [0.15, 0.2) is 18.2 Å². The molecular formula is C14H20Cl2N2. The summed E-state index contributed by atoms with van der Waals surface area (Å²) >= 11 is 12.3. The van der Waals surface area contributed by atoms with Crippen molar-refractivity contribution in [3.05, 3.63) is 28.8 Å². The molecule has 0 saturated carbocycles. The highest BCUT2D eigenvalue weighted by molar-refractivity contribution is 6.33. The fourth-order valence-corrected chi connectivity index (χ4v) is 3.27. The van der Waals surface area contributed by atoms with E-state index in [0.29, 0.717) is 11.9 Å². The normalized spacial score (nSPS) is 20.3. The van der Waals surface area contributed by atoms with Gasteiger partial charge in [-0.3, -0.25) is 0 Å². The van der Waals surface area contributed by atoms with Crippen LogP contribution in [-0.2, 0) is 5.88 Å². The van der Waals surface area contributed by atoms with Crippen molar-refractivity contribution in [2.24, 2.45) is 0 Å². The van der Waals surface area contributed by atoms with Gasteiger partial charge in [-0.2, -0.15) is 0 Å². The summed E-state index contributed by atoms with van der Waals surface area (Å²) in [4.78, 5) is 4.67. The third-order valence-corrected chi connectivity index (χ3v) is 4.35. The second-order valence-corrected chi connectivity index (χ2v) is 5.71. The van der Waals surface area contributed by atoms with Gasteiger partial charge < -0.3 is 9.80 Å². The van der Waals surface area contributed by atoms with Gasteiger partial charge in [-0.25, -0.2) is 0 Å². The molecule has 1 aliphatic heterocycles. The third-order valence-electron chi connectivity index (χ3n) is 3.75. The Balaban J connectivity index is 2.15. The van der Waals surface area contributed by atoms with Crippen LogP contribution in [0, 0.1) is 0 Å². The van der Waals surface area contributed by atoms with Crippen molar-refractivity contribution in [2.75, 3.05) is 32.1 Å². The highest BCUT2D eigenvalue weighted by atomic mass is 35.5. The van der Waals surface area contributed by atoms with E-state index in [0.717, 1.165) is 22.8 Å². The van der Waals surface area contributed by atoms with Crippen LogP contribution < -0.4 is 4.90 Å². The van der Waals surface area contributed by atoms with Crippen LogP contribution in [0.4, 0.5) is 5.69 Å². The quantitative estimate of drug-likeness (QED) is 0.781. The second kappa shape index (κ2) is 6.14. The lowest BCUT2D eigenvalue weighted by atomic mass is 10.1. The summed E-state index contributed by atoms with van der Waals surface area (Å²) in [6.07, 6.45) is 2.56. The van der Waals surface area contributed by atoms with Crippen molar-refractivity contribution < 1.29 is 0 Å². The Kier molecular flexibility index (Phi) is 4.77. The average molecular weight is 287 g/mol. The number of likely N-dealkylation sites (N-methyl/N-ethyl adjacent to an activating group) is 2. The number of halogens is 2. The molecule has 1 fully saturated rings. The number of hydrogen-bond donors (Lipinski definition) is 0. The van der Waals surface area contributed by atoms with Crippen LogP contribution >= 0.6 is 23.2 Å². The average Bonchev–Trinajstić information content (AvgIpc) is 2.74. The molecule has 0 aliphatic carbocycles. The maximum Gasteiger partial charge on any atom is 0.0642 e. The van der Waals surface area contributed by atoms with Crippen LogP contribution in [0.25, 0.3) is 0 Å². The molecule has 0 radical (unpaired) electrons. The Morgan fingerprint density at radius 3 is 2.83 bits per heavy atom. The number of alkyl halides is 1. The highest BCUT2D eigenvalue weighted by Crippen LogP contribution is 2.31. The van der Waals surface area contributed by atoms with Crippen LogP contribution in [0.1, 0.15) is 18.4 Å². The maximum absolute atomic E-state index is 6.31. The van der Waals surface area contributed by atoms with Gasteiger partial charge in [-0.05, 0) is 38.1 Å². The van der Waals surface area contributed by atoms with Gasteiger partial charge in [0.1, 0.15) is 0 Å². The van der Waals surface area contributed by atoms with Crippen molar-refractivity contribution >= 4 is 28.9 Å². The van der Waals surface area contributed by atoms with Gasteiger partial charge in [0.25, 0.3) is 0 Å². The summed E-state index contributed by atoms with van der Waals surface area (Å²) in [6, 6.07) is 6.55. The minimum absolute atomic E-state index is 0.501. The monoisotopic (exact) mass is 286 g/mol. The minimum atomic E-state index is 0.501. The molecule has 1 atom stereocenters. The van der Waals surface area contributed by atoms with E-state index in [1.165, 1.54) is 19.4 Å². The first-order valence-electron chi connectivity index (χ1n) is 6.38. The molecule has 0 spiro atoms. The van der Waals surface area contributed by atoms with E-state index in [1.54, 1.807) is 0 Å². The van der Waals surface area contributed by atoms with Gasteiger partial charge in [0.2, 0.25) is 0 Å². The van der Waals surface area contributed by atoms with E-state index in [1.807, 2.05) is 18.2 Å². The van der Waals surface area contributed by atoms with Crippen molar-refractivity contribution in [3.63, 3.8) is 0 Å². The lowest BCUT2D eigenvalue weighted by Crippen LogP contribution is -2.37. The van der Waals surface area contributed by atoms with E-state index < -0.39 is 0 Å². The van der Waals surface area contributed by atoms with E-state index in [-0.39, 0.29) is 0 Å². The molecule has 18 heavy (non-hydrogen) atoms. The van der Waals surface area contributed by atoms with Gasteiger partial charge in [0.05, 0.1) is 10.7 Å². The molecule has 1 heterocycles. The smallest absolute Gasteiger partial charge is 0.0642 e. The number of nitrogens with zero attached hydrogens (tertiary/aromatic N) is 2. The molecule has 0 bridgehead atoms. The lowest BCUT2D eigenvalue weighted by molar-refractivity contribution is 0.314. The SMILES string of the molecule is CN(CC1CCCN1C)c1c(Cl)cccc1CCl. The zero-order valence-corrected chi connectivity index (χ0v) is 12.5. The topological polar surface area (TPSA) is 6.48 Å². The summed E-state index contributed by atoms with van der Waals surface area (Å²) < 4.78 is 0. The minimum Gasteiger partial charge on any atom is -0.372 e. The largest absolute Gasteiger partial charge is 0.372 e. The predicted octanol–water partition coefficient (Wildman–Crippen LogP) is 3.61. The van der Waals surface area contributed by atoms with E-state index in [9.17, 15) is 0 Å². The molecule has 1 unspecified atom stereocenters. The molecule has 0 amide bonds. The third kappa shape index (κ3) is 2.93. The van der Waals surface area contributed by atoms with Crippen molar-refractivity contribution in [1.29, 1.82) is 0 Å². The van der Waals surface area contributed by atoms with Gasteiger partial charge in [0.15, 0.2) is 0 Å². The van der Waals surface area contributed by atoms with Crippen LogP contribution in [-0.4, -0.2) is 38.1 Å². The van der Waals surface area contributed by atoms with Gasteiger partial charge in [-0.1, -0.05) is 23.7 Å². The molecule has 2 nitrogen and oxygen atoms in total. The lowest BCUT2D eigenvalue weighted by Gasteiger charge is -2.29. The predicted molar refractivity (Wildman–Crippen MR) is 79.9 cm³/mol. The van der Waals surface area contributed by atoms with Crippen molar-refractivity contribution in [3.8, 4) is 0 Å². The first kappa shape index (κ1) is 14.0. The molecule has 100 valence electrons. The molecule has 1 aromatic rings. The number of likely N-dealkylation sites (tertiary alicyclic amines) is 1. The zero-order valence-electron chi connectivity index (χ0n) is 11.0. The number of para-hydroxylation sites is 1. The molecule has 0 aromatic heterocycles. The van der Waals surface area contributed by atoms with E-state index >= 15 is 0 Å². The zero-order chi connectivity index (χ0) is 13.1. The van der Waals surface area contributed by atoms with Gasteiger partial charge in [0, 0.05) is 25.5 Å². The summed E-state index contributed by atoms with van der Waals surface area (Å²) in [5.74, 6) is 0.501. The summed E-state index contributed by atoms with van der Waals surface area (Å²) in [7, 11) is 4.30. The van der Waals surface area contributed by atoms with E-state index in [2.05, 4.69) is 23.9 Å². The van der Waals surface area contributed by atoms with Crippen LogP contribution in [0.5, 0.6) is 0 Å². The number of hydrogen-bond acceptors (Lipinski definition) is 2. The van der Waals surface area contributed by atoms with E-state index in [4.69, 9.17) is 23.2 Å². The molecule has 2 rings (SSSR count). The first-order chi connectivity index (χ1) is 8.63. The fourth-order valence-electron chi connectivity index (χ4n) is 2.71. The standard InChI is InChI=1S/C14H20Cl2N2/c1-17-8-4-6-12(17)10-18(2)14-11(9-15)5-3-7-13(14)16/h3,5,7,12H,4,6,8-10H2,1-2H3. The molecular weight excluding hydrogens is 267 g/mol. The Morgan fingerprint density at radius 2 is 2.22 bits per heavy atom. The summed E-state index contributed by atoms with van der Waals surface area (Å²) in [5, 5.41) is 0.788. The second-order valence-electron chi connectivity index (χ2n) is 5.04. The van der Waals surface area contributed by atoms with Crippen LogP contribution in [0.2, 0.25) is 5.02 Å². The summed E-state index contributed by atoms with van der Waals surface area (Å²) in [5.41, 5.74) is 2.18. The molecule has 1 aromatic carbocycles. The Hall–Kier alpha value is -0.440. The Bertz CT molecular complexity index is 409. The highest BCUT2D eigenvalue weighted by Gasteiger charge is 2.23. The molecule has 4 heteroatoms. The van der Waals surface area contributed by atoms with Gasteiger partial charge in [-0.15, -0.1) is 11.6 Å². The summed E-state index contributed by atoms with van der Waals surface area (Å²) in [6.45, 7) is 2.20. The van der Waals surface area contributed by atoms with Crippen molar-refractivity contribution in [2.45, 2.75) is 24.8 Å². The Labute approximate surface area is 119 Å². The molecule has 0 N–H and O–H groups in total. The van der Waals surface area contributed by atoms with Crippen molar-refractivity contribution in [1.82, 2.24) is 4.90 Å². The van der Waals surface area contributed by atoms with Crippen LogP contribution in [0.3, 0.4) is 0 Å². The number of benzene rings is 1. The van der Waals surface area contributed by atoms with Gasteiger partial charge >= 0.3 is 0 Å². The molecule has 1 aliphatic rings. The fraction of sp³-hybridized carbons (Fsp3) is 0.571. The Morgan fingerprint density at radius 1 is 1.44 bits per heavy atom. The maximum atomic E-state index is 6.31. The molecule has 1 saturated heterocycles. The first-order valence-corrected chi connectivity index (χ1v) is 7.29.